The van der Waals surface area contributed by atoms with E-state index in [2.05, 4.69) is 25.6 Å². The molecule has 0 aromatic rings. The second-order valence-electron chi connectivity index (χ2n) is 3.45. The molecular formula is C9H12N4S2. The minimum atomic E-state index is 0.923. The van der Waals surface area contributed by atoms with Crippen molar-refractivity contribution in [1.82, 2.24) is 10.2 Å². The Morgan fingerprint density at radius 3 is 3.33 bits per heavy atom. The molecule has 0 bridgehead atoms. The number of rotatable bonds is 2. The Morgan fingerprint density at radius 2 is 2.47 bits per heavy atom. The molecule has 0 atom stereocenters. The van der Waals surface area contributed by atoms with E-state index < -0.39 is 0 Å². The van der Waals surface area contributed by atoms with Crippen LogP contribution in [0.4, 0.5) is 0 Å². The molecule has 0 amide bonds. The normalized spacial score (nSPS) is 23.5. The van der Waals surface area contributed by atoms with Crippen molar-refractivity contribution in [2.45, 2.75) is 0 Å². The van der Waals surface area contributed by atoms with Crippen molar-refractivity contribution in [3.63, 3.8) is 0 Å². The fraction of sp³-hybridized carbons (Fsp3) is 0.556. The van der Waals surface area contributed by atoms with Crippen molar-refractivity contribution < 1.29 is 0 Å². The van der Waals surface area contributed by atoms with E-state index in [-0.39, 0.29) is 0 Å². The summed E-state index contributed by atoms with van der Waals surface area (Å²) in [4.78, 5) is 11.1. The number of thioether (sulfide) groups is 2. The monoisotopic (exact) mass is 240 g/mol. The molecule has 0 aliphatic carbocycles. The van der Waals surface area contributed by atoms with Crippen molar-refractivity contribution in [2.75, 3.05) is 31.9 Å². The summed E-state index contributed by atoms with van der Waals surface area (Å²) in [6.45, 7) is 3.91. The number of hydrogen-bond donors (Lipinski definition) is 1. The van der Waals surface area contributed by atoms with Crippen molar-refractivity contribution in [3.05, 3.63) is 11.1 Å². The number of fused-ring (bicyclic) bond motifs is 1. The van der Waals surface area contributed by atoms with Gasteiger partial charge in [0.2, 0.25) is 0 Å². The zero-order chi connectivity index (χ0) is 10.1. The molecule has 3 heterocycles. The van der Waals surface area contributed by atoms with Crippen LogP contribution in [0.25, 0.3) is 0 Å². The van der Waals surface area contributed by atoms with E-state index >= 15 is 0 Å². The lowest BCUT2D eigenvalue weighted by Gasteiger charge is -2.15. The molecule has 0 saturated carbocycles. The Labute approximate surface area is 97.3 Å². The fourth-order valence-corrected chi connectivity index (χ4v) is 3.68. The second kappa shape index (κ2) is 4.09. The van der Waals surface area contributed by atoms with Gasteiger partial charge in [-0.05, 0) is 5.41 Å². The maximum absolute atomic E-state index is 4.43. The maximum atomic E-state index is 4.43. The zero-order valence-corrected chi connectivity index (χ0v) is 9.90. The molecule has 15 heavy (non-hydrogen) atoms. The first-order valence-corrected chi connectivity index (χ1v) is 6.89. The average Bonchev–Trinajstić information content (AvgIpc) is 2.93. The minimum absolute atomic E-state index is 0.923. The molecule has 0 aromatic heterocycles. The van der Waals surface area contributed by atoms with Gasteiger partial charge in [0.1, 0.15) is 0 Å². The largest absolute Gasteiger partial charge is 0.363 e. The van der Waals surface area contributed by atoms with Gasteiger partial charge in [-0.25, -0.2) is 0 Å². The van der Waals surface area contributed by atoms with Crippen LogP contribution in [0, 0.1) is 0 Å². The van der Waals surface area contributed by atoms with Gasteiger partial charge in [0, 0.05) is 24.5 Å². The van der Waals surface area contributed by atoms with Crippen LogP contribution in [0.1, 0.15) is 0 Å². The Kier molecular flexibility index (Phi) is 2.62. The van der Waals surface area contributed by atoms with E-state index in [9.17, 15) is 0 Å². The quantitative estimate of drug-likeness (QED) is 0.780. The Balaban J connectivity index is 1.57. The molecule has 0 unspecified atom stereocenters. The summed E-state index contributed by atoms with van der Waals surface area (Å²) in [5.41, 5.74) is 1.37. The fourth-order valence-electron chi connectivity index (χ4n) is 1.71. The third-order valence-corrected chi connectivity index (χ3v) is 4.39. The second-order valence-corrected chi connectivity index (χ2v) is 5.25. The van der Waals surface area contributed by atoms with Crippen LogP contribution in [0.5, 0.6) is 0 Å². The van der Waals surface area contributed by atoms with Gasteiger partial charge in [-0.15, -0.1) is 0 Å². The molecule has 0 saturated heterocycles. The van der Waals surface area contributed by atoms with E-state index in [1.165, 1.54) is 10.9 Å². The third-order valence-electron chi connectivity index (χ3n) is 2.45. The topological polar surface area (TPSA) is 40.0 Å². The van der Waals surface area contributed by atoms with E-state index in [1.54, 1.807) is 23.5 Å². The number of nitrogens with one attached hydrogen (secondary N) is 1. The lowest BCUT2D eigenvalue weighted by atomic mass is 10.5. The van der Waals surface area contributed by atoms with Gasteiger partial charge in [-0.2, -0.15) is 0 Å². The highest BCUT2D eigenvalue weighted by Gasteiger charge is 2.26. The van der Waals surface area contributed by atoms with Crippen molar-refractivity contribution in [3.8, 4) is 0 Å². The summed E-state index contributed by atoms with van der Waals surface area (Å²) in [5.74, 6) is 0.998. The summed E-state index contributed by atoms with van der Waals surface area (Å²) in [6.07, 6.45) is 0. The summed E-state index contributed by atoms with van der Waals surface area (Å²) in [6, 6.07) is 0. The number of aliphatic imine (C=N–C) groups is 2. The highest BCUT2D eigenvalue weighted by atomic mass is 32.2. The van der Waals surface area contributed by atoms with Gasteiger partial charge in [0.05, 0.1) is 13.1 Å². The van der Waals surface area contributed by atoms with Crippen molar-refractivity contribution >= 4 is 33.9 Å². The zero-order valence-electron chi connectivity index (χ0n) is 8.27. The summed E-state index contributed by atoms with van der Waals surface area (Å²) >= 11 is 3.53. The molecule has 0 radical (unpaired) electrons. The molecule has 3 aliphatic rings. The summed E-state index contributed by atoms with van der Waals surface area (Å²) in [5, 5.41) is 7.74. The van der Waals surface area contributed by atoms with Gasteiger partial charge in [-0.3, -0.25) is 9.98 Å². The van der Waals surface area contributed by atoms with Crippen LogP contribution in [0.15, 0.2) is 21.1 Å². The van der Waals surface area contributed by atoms with Gasteiger partial charge >= 0.3 is 0 Å². The Bertz CT molecular complexity index is 361. The molecule has 80 valence electrons. The number of nitrogens with zero attached hydrogens (tertiary/aromatic N) is 3. The summed E-state index contributed by atoms with van der Waals surface area (Å²) < 4.78 is 0. The van der Waals surface area contributed by atoms with Gasteiger partial charge in [0.15, 0.2) is 10.3 Å². The Hall–Kier alpha value is -0.620. The van der Waals surface area contributed by atoms with Gasteiger partial charge < -0.3 is 10.2 Å². The summed E-state index contributed by atoms with van der Waals surface area (Å²) in [7, 11) is 0. The molecule has 0 spiro atoms. The average molecular weight is 240 g/mol. The first-order chi connectivity index (χ1) is 7.43. The van der Waals surface area contributed by atoms with E-state index in [1.807, 2.05) is 0 Å². The van der Waals surface area contributed by atoms with Crippen LogP contribution < -0.4 is 5.32 Å². The van der Waals surface area contributed by atoms with E-state index in [0.717, 1.165) is 37.1 Å². The first-order valence-electron chi connectivity index (χ1n) is 5.02. The SMILES string of the molecule is C1=C(CSC2=NCCN2)N2CCN=C2S1. The molecule has 3 aliphatic heterocycles. The van der Waals surface area contributed by atoms with E-state index in [0.29, 0.717) is 0 Å². The smallest absolute Gasteiger partial charge is 0.167 e. The van der Waals surface area contributed by atoms with E-state index in [4.69, 9.17) is 0 Å². The molecule has 4 nitrogen and oxygen atoms in total. The lowest BCUT2D eigenvalue weighted by Crippen LogP contribution is -2.23. The highest BCUT2D eigenvalue weighted by molar-refractivity contribution is 8.17. The van der Waals surface area contributed by atoms with Crippen LogP contribution in [0.2, 0.25) is 0 Å². The standard InChI is InChI=1S/C9H12N4S2/c1-2-11-8(10-1)14-5-7-6-15-9-12-3-4-13(7)9/h6H,1-5H2,(H,10,11). The number of amidine groups is 2. The molecule has 0 aromatic carbocycles. The minimum Gasteiger partial charge on any atom is -0.363 e. The van der Waals surface area contributed by atoms with Crippen LogP contribution in [-0.2, 0) is 0 Å². The highest BCUT2D eigenvalue weighted by Crippen LogP contribution is 2.31. The van der Waals surface area contributed by atoms with Crippen LogP contribution in [0.3, 0.4) is 0 Å². The Morgan fingerprint density at radius 1 is 1.47 bits per heavy atom. The van der Waals surface area contributed by atoms with Gasteiger partial charge in [0.25, 0.3) is 0 Å². The van der Waals surface area contributed by atoms with Crippen LogP contribution in [-0.4, -0.2) is 47.2 Å². The van der Waals surface area contributed by atoms with Crippen molar-refractivity contribution in [2.24, 2.45) is 9.98 Å². The molecule has 3 rings (SSSR count). The first kappa shape index (κ1) is 9.59. The van der Waals surface area contributed by atoms with Crippen molar-refractivity contribution in [1.29, 1.82) is 0 Å². The maximum Gasteiger partial charge on any atom is 0.167 e. The van der Waals surface area contributed by atoms with Crippen LogP contribution >= 0.6 is 23.5 Å². The molecule has 0 fully saturated rings. The molecular weight excluding hydrogens is 228 g/mol. The predicted octanol–water partition coefficient (Wildman–Crippen LogP) is 0.939. The predicted molar refractivity (Wildman–Crippen MR) is 67.4 cm³/mol. The third kappa shape index (κ3) is 1.88. The number of hydrogen-bond acceptors (Lipinski definition) is 6. The van der Waals surface area contributed by atoms with Gasteiger partial charge in [-0.1, -0.05) is 23.5 Å². The molecule has 1 N–H and O–H groups in total. The molecule has 6 heteroatoms. The lowest BCUT2D eigenvalue weighted by molar-refractivity contribution is 0.579.